The molecule has 2 N–H and O–H groups in total. The maximum Gasteiger partial charge on any atom is 0.323 e. The van der Waals surface area contributed by atoms with Crippen molar-refractivity contribution in [1.82, 2.24) is 0 Å². The highest BCUT2D eigenvalue weighted by Gasteiger charge is 2.26. The molecule has 1 aliphatic rings. The lowest BCUT2D eigenvalue weighted by molar-refractivity contribution is 0.0989. The molecule has 0 unspecified atom stereocenters. The lowest BCUT2D eigenvalue weighted by Gasteiger charge is -2.18. The minimum atomic E-state index is -0.301. The van der Waals surface area contributed by atoms with Crippen molar-refractivity contribution in [1.29, 1.82) is 0 Å². The van der Waals surface area contributed by atoms with E-state index in [4.69, 9.17) is 0 Å². The highest BCUT2D eigenvalue weighted by molar-refractivity contribution is 6.08. The fraction of sp³-hybridized carbons (Fsp3) is 0.200. The van der Waals surface area contributed by atoms with E-state index in [0.717, 1.165) is 40.9 Å². The number of urea groups is 1. The number of para-hydroxylation sites is 1. The molecule has 0 atom stereocenters. The van der Waals surface area contributed by atoms with Gasteiger partial charge in [-0.05, 0) is 61.2 Å². The lowest BCUT2D eigenvalue weighted by Crippen LogP contribution is -2.29. The van der Waals surface area contributed by atoms with Crippen LogP contribution in [0.3, 0.4) is 0 Å². The first-order valence-corrected chi connectivity index (χ1v) is 10.2. The van der Waals surface area contributed by atoms with E-state index in [1.54, 1.807) is 4.90 Å². The molecule has 0 saturated heterocycles. The average Bonchev–Trinajstić information content (AvgIpc) is 3.17. The van der Waals surface area contributed by atoms with E-state index in [1.165, 1.54) is 0 Å². The summed E-state index contributed by atoms with van der Waals surface area (Å²) in [6.07, 6.45) is 1.65. The van der Waals surface area contributed by atoms with Gasteiger partial charge in [0.15, 0.2) is 0 Å². The summed E-state index contributed by atoms with van der Waals surface area (Å²) in [6, 6.07) is 20.8. The molecule has 3 aromatic carbocycles. The van der Waals surface area contributed by atoms with E-state index in [2.05, 4.69) is 17.6 Å². The Morgan fingerprint density at radius 1 is 0.967 bits per heavy atom. The van der Waals surface area contributed by atoms with Crippen LogP contribution >= 0.6 is 0 Å². The summed E-state index contributed by atoms with van der Waals surface area (Å²) < 4.78 is 0. The molecule has 4 rings (SSSR count). The van der Waals surface area contributed by atoms with Crippen LogP contribution in [0.2, 0.25) is 0 Å². The highest BCUT2D eigenvalue weighted by atomic mass is 16.2. The molecule has 0 fully saturated rings. The van der Waals surface area contributed by atoms with E-state index in [1.807, 2.05) is 73.7 Å². The monoisotopic (exact) mass is 399 g/mol. The summed E-state index contributed by atoms with van der Waals surface area (Å²) in [4.78, 5) is 27.3. The number of nitrogens with one attached hydrogen (secondary N) is 2. The van der Waals surface area contributed by atoms with Gasteiger partial charge >= 0.3 is 6.03 Å². The molecular formula is C25H25N3O2. The Labute approximate surface area is 176 Å². The third kappa shape index (κ3) is 4.06. The van der Waals surface area contributed by atoms with Crippen molar-refractivity contribution in [3.8, 4) is 0 Å². The number of benzene rings is 3. The van der Waals surface area contributed by atoms with Crippen LogP contribution in [0.15, 0.2) is 66.7 Å². The SMILES string of the molecule is CCc1ccccc1NC(=O)Nc1ccc2c(c1)N(C(=O)c1ccc(C)cc1)CC2. The van der Waals surface area contributed by atoms with Gasteiger partial charge in [-0.2, -0.15) is 0 Å². The van der Waals surface area contributed by atoms with Gasteiger partial charge in [0.1, 0.15) is 0 Å². The van der Waals surface area contributed by atoms with Crippen LogP contribution < -0.4 is 15.5 Å². The average molecular weight is 399 g/mol. The minimum absolute atomic E-state index is 0.0211. The number of amides is 3. The molecule has 0 radical (unpaired) electrons. The van der Waals surface area contributed by atoms with Gasteiger partial charge in [-0.3, -0.25) is 4.79 Å². The topological polar surface area (TPSA) is 61.4 Å². The number of hydrogen-bond donors (Lipinski definition) is 2. The largest absolute Gasteiger partial charge is 0.323 e. The number of anilines is 3. The summed E-state index contributed by atoms with van der Waals surface area (Å²) in [7, 11) is 0. The number of hydrogen-bond acceptors (Lipinski definition) is 2. The zero-order chi connectivity index (χ0) is 21.1. The Morgan fingerprint density at radius 3 is 2.50 bits per heavy atom. The predicted octanol–water partition coefficient (Wildman–Crippen LogP) is 5.40. The first kappa shape index (κ1) is 19.7. The van der Waals surface area contributed by atoms with E-state index in [-0.39, 0.29) is 11.9 Å². The van der Waals surface area contributed by atoms with Crippen LogP contribution in [-0.2, 0) is 12.8 Å². The molecule has 1 aliphatic heterocycles. The Kier molecular flexibility index (Phi) is 5.53. The van der Waals surface area contributed by atoms with Crippen molar-refractivity contribution in [2.24, 2.45) is 0 Å². The standard InChI is InChI=1S/C25H25N3O2/c1-3-18-6-4-5-7-22(18)27-25(30)26-21-13-12-19-14-15-28(23(19)16-21)24(29)20-10-8-17(2)9-11-20/h4-13,16H,3,14-15H2,1-2H3,(H2,26,27,30). The Hall–Kier alpha value is -3.60. The third-order valence-corrected chi connectivity index (χ3v) is 5.43. The molecule has 0 spiro atoms. The first-order valence-electron chi connectivity index (χ1n) is 10.2. The first-order chi connectivity index (χ1) is 14.5. The molecule has 0 bridgehead atoms. The van der Waals surface area contributed by atoms with Crippen molar-refractivity contribution in [3.05, 3.63) is 89.0 Å². The van der Waals surface area contributed by atoms with Gasteiger partial charge < -0.3 is 15.5 Å². The molecule has 0 saturated carbocycles. The Bertz CT molecular complexity index is 1090. The van der Waals surface area contributed by atoms with E-state index < -0.39 is 0 Å². The number of nitrogens with zero attached hydrogens (tertiary/aromatic N) is 1. The van der Waals surface area contributed by atoms with Crippen LogP contribution in [0.4, 0.5) is 21.9 Å². The number of aryl methyl sites for hydroxylation is 2. The molecule has 5 heteroatoms. The minimum Gasteiger partial charge on any atom is -0.308 e. The normalized spacial score (nSPS) is 12.4. The van der Waals surface area contributed by atoms with Gasteiger partial charge in [0.2, 0.25) is 0 Å². The van der Waals surface area contributed by atoms with Gasteiger partial charge in [0.25, 0.3) is 5.91 Å². The van der Waals surface area contributed by atoms with E-state index >= 15 is 0 Å². The molecule has 152 valence electrons. The van der Waals surface area contributed by atoms with Crippen molar-refractivity contribution < 1.29 is 9.59 Å². The van der Waals surface area contributed by atoms with Crippen LogP contribution in [0.25, 0.3) is 0 Å². The molecular weight excluding hydrogens is 374 g/mol. The quantitative estimate of drug-likeness (QED) is 0.617. The van der Waals surface area contributed by atoms with E-state index in [0.29, 0.717) is 17.8 Å². The fourth-order valence-electron chi connectivity index (χ4n) is 3.76. The van der Waals surface area contributed by atoms with Crippen molar-refractivity contribution in [3.63, 3.8) is 0 Å². The number of carbonyl (C=O) groups excluding carboxylic acids is 2. The number of carbonyl (C=O) groups is 2. The predicted molar refractivity (Wildman–Crippen MR) is 121 cm³/mol. The van der Waals surface area contributed by atoms with Crippen molar-refractivity contribution in [2.75, 3.05) is 22.1 Å². The summed E-state index contributed by atoms with van der Waals surface area (Å²) in [5.41, 5.74) is 6.29. The Morgan fingerprint density at radius 2 is 1.73 bits per heavy atom. The van der Waals surface area contributed by atoms with Crippen molar-refractivity contribution >= 4 is 29.0 Å². The van der Waals surface area contributed by atoms with Gasteiger partial charge in [0.05, 0.1) is 0 Å². The zero-order valence-electron chi connectivity index (χ0n) is 17.2. The molecule has 1 heterocycles. The second-order valence-corrected chi connectivity index (χ2v) is 7.51. The summed E-state index contributed by atoms with van der Waals surface area (Å²) in [6.45, 7) is 4.70. The maximum absolute atomic E-state index is 13.0. The van der Waals surface area contributed by atoms with Gasteiger partial charge in [-0.1, -0.05) is 48.9 Å². The van der Waals surface area contributed by atoms with E-state index in [9.17, 15) is 9.59 Å². The van der Waals surface area contributed by atoms with Crippen LogP contribution in [-0.4, -0.2) is 18.5 Å². The molecule has 3 aromatic rings. The van der Waals surface area contributed by atoms with Crippen LogP contribution in [0.1, 0.15) is 34.0 Å². The third-order valence-electron chi connectivity index (χ3n) is 5.43. The maximum atomic E-state index is 13.0. The number of rotatable bonds is 4. The smallest absolute Gasteiger partial charge is 0.308 e. The molecule has 30 heavy (non-hydrogen) atoms. The lowest BCUT2D eigenvalue weighted by atomic mass is 10.1. The Balaban J connectivity index is 1.51. The van der Waals surface area contributed by atoms with Crippen LogP contribution in [0, 0.1) is 6.92 Å². The molecule has 0 aliphatic carbocycles. The zero-order valence-corrected chi connectivity index (χ0v) is 17.2. The number of fused-ring (bicyclic) bond motifs is 1. The molecule has 5 nitrogen and oxygen atoms in total. The highest BCUT2D eigenvalue weighted by Crippen LogP contribution is 2.32. The second-order valence-electron chi connectivity index (χ2n) is 7.51. The van der Waals surface area contributed by atoms with Gasteiger partial charge in [-0.15, -0.1) is 0 Å². The molecule has 0 aromatic heterocycles. The van der Waals surface area contributed by atoms with Gasteiger partial charge in [-0.25, -0.2) is 4.79 Å². The summed E-state index contributed by atoms with van der Waals surface area (Å²) in [5.74, 6) is -0.0211. The van der Waals surface area contributed by atoms with Crippen LogP contribution in [0.5, 0.6) is 0 Å². The summed E-state index contributed by atoms with van der Waals surface area (Å²) in [5, 5.41) is 5.80. The summed E-state index contributed by atoms with van der Waals surface area (Å²) >= 11 is 0. The fourth-order valence-corrected chi connectivity index (χ4v) is 3.76. The van der Waals surface area contributed by atoms with Gasteiger partial charge in [0, 0.05) is 29.2 Å². The van der Waals surface area contributed by atoms with Crippen molar-refractivity contribution in [2.45, 2.75) is 26.7 Å². The second kappa shape index (κ2) is 8.41. The molecule has 3 amide bonds.